The summed E-state index contributed by atoms with van der Waals surface area (Å²) in [7, 11) is 0. The SMILES string of the molecule is CCc1nc(-c2ccc(-n3cc(C(=O)NCc4cccs4)c(C)n3)cc2)no1. The zero-order valence-electron chi connectivity index (χ0n) is 15.5. The monoisotopic (exact) mass is 393 g/mol. The summed E-state index contributed by atoms with van der Waals surface area (Å²) in [4.78, 5) is 17.9. The van der Waals surface area contributed by atoms with Crippen LogP contribution in [0.1, 0.15) is 33.7 Å². The molecule has 0 unspecified atom stereocenters. The second-order valence-electron chi connectivity index (χ2n) is 6.25. The topological polar surface area (TPSA) is 85.8 Å². The minimum atomic E-state index is -0.132. The van der Waals surface area contributed by atoms with Crippen molar-refractivity contribution in [2.45, 2.75) is 26.8 Å². The minimum Gasteiger partial charge on any atom is -0.347 e. The zero-order valence-corrected chi connectivity index (χ0v) is 16.4. The standard InChI is InChI=1S/C20H19N5O2S/c1-3-18-22-19(24-27-18)14-6-8-15(9-7-14)25-12-17(13(2)23-25)20(26)21-11-16-5-4-10-28-16/h4-10,12H,3,11H2,1-2H3,(H,21,26). The van der Waals surface area contributed by atoms with Crippen LogP contribution in [0.2, 0.25) is 0 Å². The van der Waals surface area contributed by atoms with Gasteiger partial charge in [-0.3, -0.25) is 4.79 Å². The normalized spacial score (nSPS) is 10.9. The summed E-state index contributed by atoms with van der Waals surface area (Å²) in [5.41, 5.74) is 2.96. The number of hydrogen-bond acceptors (Lipinski definition) is 6. The third-order valence-electron chi connectivity index (χ3n) is 4.31. The molecule has 0 spiro atoms. The molecule has 0 aliphatic rings. The van der Waals surface area contributed by atoms with E-state index in [4.69, 9.17) is 4.52 Å². The van der Waals surface area contributed by atoms with Crippen LogP contribution in [0.3, 0.4) is 0 Å². The number of hydrogen-bond donors (Lipinski definition) is 1. The Morgan fingerprint density at radius 1 is 1.25 bits per heavy atom. The lowest BCUT2D eigenvalue weighted by Gasteiger charge is -2.02. The molecule has 3 heterocycles. The van der Waals surface area contributed by atoms with Crippen LogP contribution in [0.4, 0.5) is 0 Å². The molecule has 142 valence electrons. The first-order valence-corrected chi connectivity index (χ1v) is 9.82. The maximum Gasteiger partial charge on any atom is 0.255 e. The Morgan fingerprint density at radius 3 is 2.75 bits per heavy atom. The van der Waals surface area contributed by atoms with Gasteiger partial charge in [0.2, 0.25) is 11.7 Å². The second kappa shape index (κ2) is 7.77. The van der Waals surface area contributed by atoms with Crippen LogP contribution in [-0.2, 0) is 13.0 Å². The minimum absolute atomic E-state index is 0.132. The fourth-order valence-corrected chi connectivity index (χ4v) is 3.41. The molecule has 7 nitrogen and oxygen atoms in total. The highest BCUT2D eigenvalue weighted by Gasteiger charge is 2.14. The van der Waals surface area contributed by atoms with Gasteiger partial charge in [0.15, 0.2) is 0 Å². The molecule has 1 N–H and O–H groups in total. The number of nitrogens with zero attached hydrogens (tertiary/aromatic N) is 4. The lowest BCUT2D eigenvalue weighted by atomic mass is 10.2. The molecule has 0 saturated carbocycles. The summed E-state index contributed by atoms with van der Waals surface area (Å²) in [6.45, 7) is 4.31. The molecule has 1 aromatic carbocycles. The Kier molecular flexibility index (Phi) is 5.03. The maximum absolute atomic E-state index is 12.5. The van der Waals surface area contributed by atoms with Crippen molar-refractivity contribution in [3.8, 4) is 17.1 Å². The smallest absolute Gasteiger partial charge is 0.255 e. The largest absolute Gasteiger partial charge is 0.347 e. The predicted molar refractivity (Wildman–Crippen MR) is 106 cm³/mol. The van der Waals surface area contributed by atoms with Crippen molar-refractivity contribution in [1.29, 1.82) is 0 Å². The van der Waals surface area contributed by atoms with Gasteiger partial charge in [0.05, 0.1) is 23.5 Å². The maximum atomic E-state index is 12.5. The Morgan fingerprint density at radius 2 is 2.07 bits per heavy atom. The van der Waals surface area contributed by atoms with Gasteiger partial charge in [-0.25, -0.2) is 4.68 Å². The molecule has 28 heavy (non-hydrogen) atoms. The first-order chi connectivity index (χ1) is 13.6. The quantitative estimate of drug-likeness (QED) is 0.539. The lowest BCUT2D eigenvalue weighted by molar-refractivity contribution is 0.0950. The highest BCUT2D eigenvalue weighted by atomic mass is 32.1. The molecule has 1 amide bonds. The Balaban J connectivity index is 1.50. The third kappa shape index (κ3) is 3.72. The molecule has 0 bridgehead atoms. The van der Waals surface area contributed by atoms with Crippen molar-refractivity contribution in [3.05, 3.63) is 70.0 Å². The average molecular weight is 393 g/mol. The third-order valence-corrected chi connectivity index (χ3v) is 5.18. The van der Waals surface area contributed by atoms with Crippen molar-refractivity contribution in [2.75, 3.05) is 0 Å². The van der Waals surface area contributed by atoms with Crippen LogP contribution in [0, 0.1) is 6.92 Å². The molecular formula is C20H19N5O2S. The van der Waals surface area contributed by atoms with Gasteiger partial charge in [-0.1, -0.05) is 18.1 Å². The predicted octanol–water partition coefficient (Wildman–Crippen LogP) is 3.78. The van der Waals surface area contributed by atoms with E-state index in [1.165, 1.54) is 0 Å². The summed E-state index contributed by atoms with van der Waals surface area (Å²) in [6.07, 6.45) is 2.45. The molecule has 0 fully saturated rings. The Hall–Kier alpha value is -3.26. The Bertz CT molecular complexity index is 1080. The van der Waals surface area contributed by atoms with E-state index < -0.39 is 0 Å². The second-order valence-corrected chi connectivity index (χ2v) is 7.28. The molecule has 4 aromatic rings. The van der Waals surface area contributed by atoms with E-state index in [2.05, 4.69) is 20.6 Å². The van der Waals surface area contributed by atoms with E-state index in [0.29, 0.717) is 35.9 Å². The number of aryl methyl sites for hydroxylation is 2. The zero-order chi connectivity index (χ0) is 19.5. The number of aromatic nitrogens is 4. The van der Waals surface area contributed by atoms with E-state index in [0.717, 1.165) is 16.1 Å². The fourth-order valence-electron chi connectivity index (χ4n) is 2.77. The van der Waals surface area contributed by atoms with E-state index in [-0.39, 0.29) is 5.91 Å². The van der Waals surface area contributed by atoms with E-state index in [1.54, 1.807) is 22.2 Å². The van der Waals surface area contributed by atoms with Crippen LogP contribution in [0.5, 0.6) is 0 Å². The summed E-state index contributed by atoms with van der Waals surface area (Å²) >= 11 is 1.62. The van der Waals surface area contributed by atoms with Crippen LogP contribution < -0.4 is 5.32 Å². The first-order valence-electron chi connectivity index (χ1n) is 8.94. The number of carbonyl (C=O) groups is 1. The highest BCUT2D eigenvalue weighted by molar-refractivity contribution is 7.09. The number of rotatable bonds is 6. The van der Waals surface area contributed by atoms with Crippen molar-refractivity contribution >= 4 is 17.2 Å². The van der Waals surface area contributed by atoms with Gasteiger partial charge in [0.25, 0.3) is 5.91 Å². The van der Waals surface area contributed by atoms with Crippen LogP contribution >= 0.6 is 11.3 Å². The van der Waals surface area contributed by atoms with Gasteiger partial charge < -0.3 is 9.84 Å². The average Bonchev–Trinajstić information content (AvgIpc) is 3.47. The number of carbonyl (C=O) groups excluding carboxylic acids is 1. The number of thiophene rings is 1. The van der Waals surface area contributed by atoms with Crippen molar-refractivity contribution < 1.29 is 9.32 Å². The van der Waals surface area contributed by atoms with Crippen LogP contribution in [-0.4, -0.2) is 25.8 Å². The van der Waals surface area contributed by atoms with Crippen molar-refractivity contribution in [2.24, 2.45) is 0 Å². The molecule has 3 aromatic heterocycles. The summed E-state index contributed by atoms with van der Waals surface area (Å²) < 4.78 is 6.86. The molecular weight excluding hydrogens is 374 g/mol. The Labute approximate surface area is 166 Å². The van der Waals surface area contributed by atoms with Gasteiger partial charge in [-0.15, -0.1) is 11.3 Å². The number of amides is 1. The molecule has 8 heteroatoms. The van der Waals surface area contributed by atoms with Crippen molar-refractivity contribution in [1.82, 2.24) is 25.2 Å². The first kappa shape index (κ1) is 18.1. The summed E-state index contributed by atoms with van der Waals surface area (Å²) in [5.74, 6) is 1.04. The fraction of sp³-hybridized carbons (Fsp3) is 0.200. The van der Waals surface area contributed by atoms with Gasteiger partial charge in [-0.05, 0) is 42.6 Å². The van der Waals surface area contributed by atoms with Crippen LogP contribution in [0.25, 0.3) is 17.1 Å². The molecule has 4 rings (SSSR count). The molecule has 0 saturated heterocycles. The van der Waals surface area contributed by atoms with Gasteiger partial charge in [0.1, 0.15) is 0 Å². The van der Waals surface area contributed by atoms with E-state index >= 15 is 0 Å². The van der Waals surface area contributed by atoms with Crippen LogP contribution in [0.15, 0.2) is 52.5 Å². The van der Waals surface area contributed by atoms with Gasteiger partial charge in [-0.2, -0.15) is 10.1 Å². The molecule has 0 atom stereocenters. The number of benzene rings is 1. The van der Waals surface area contributed by atoms with Gasteiger partial charge >= 0.3 is 0 Å². The molecule has 0 aliphatic heterocycles. The summed E-state index contributed by atoms with van der Waals surface area (Å²) in [6, 6.07) is 11.6. The highest BCUT2D eigenvalue weighted by Crippen LogP contribution is 2.19. The van der Waals surface area contributed by atoms with E-state index in [1.807, 2.05) is 55.6 Å². The lowest BCUT2D eigenvalue weighted by Crippen LogP contribution is -2.22. The van der Waals surface area contributed by atoms with E-state index in [9.17, 15) is 4.79 Å². The summed E-state index contributed by atoms with van der Waals surface area (Å²) in [5, 5.41) is 13.4. The van der Waals surface area contributed by atoms with Crippen molar-refractivity contribution in [3.63, 3.8) is 0 Å². The molecule has 0 radical (unpaired) electrons. The number of nitrogens with one attached hydrogen (secondary N) is 1. The molecule has 0 aliphatic carbocycles. The van der Waals surface area contributed by atoms with Gasteiger partial charge in [0, 0.05) is 23.1 Å².